The molecule has 20 heavy (non-hydrogen) atoms. The van der Waals surface area contributed by atoms with Gasteiger partial charge in [0.1, 0.15) is 0 Å². The summed E-state index contributed by atoms with van der Waals surface area (Å²) in [6.45, 7) is 4.18. The van der Waals surface area contributed by atoms with E-state index < -0.39 is 0 Å². The minimum Gasteiger partial charge on any atom is -0.436 e. The van der Waals surface area contributed by atoms with Crippen LogP contribution in [0.1, 0.15) is 18.2 Å². The van der Waals surface area contributed by atoms with Crippen LogP contribution in [0.4, 0.5) is 0 Å². The normalized spacial score (nSPS) is 10.7. The lowest BCUT2D eigenvalue weighted by Crippen LogP contribution is -1.84. The van der Waals surface area contributed by atoms with Crippen molar-refractivity contribution in [3.8, 4) is 22.8 Å². The van der Waals surface area contributed by atoms with Crippen LogP contribution in [0, 0.1) is 6.92 Å². The SMILES string of the molecule is CCc1nc(-c2ccc(C)cc2)oc1-c1ccccc1. The first-order valence-corrected chi connectivity index (χ1v) is 6.90. The highest BCUT2D eigenvalue weighted by Crippen LogP contribution is 2.30. The van der Waals surface area contributed by atoms with E-state index in [1.165, 1.54) is 5.56 Å². The fourth-order valence-corrected chi connectivity index (χ4v) is 2.23. The molecule has 0 N–H and O–H groups in total. The number of nitrogens with zero attached hydrogens (tertiary/aromatic N) is 1. The van der Waals surface area contributed by atoms with E-state index in [-0.39, 0.29) is 0 Å². The summed E-state index contributed by atoms with van der Waals surface area (Å²) in [4.78, 5) is 4.64. The number of benzene rings is 2. The second kappa shape index (κ2) is 5.33. The van der Waals surface area contributed by atoms with E-state index in [2.05, 4.69) is 55.2 Å². The first-order chi connectivity index (χ1) is 9.78. The molecule has 2 aromatic carbocycles. The molecule has 0 fully saturated rings. The second-order valence-corrected chi connectivity index (χ2v) is 4.88. The molecule has 100 valence electrons. The summed E-state index contributed by atoms with van der Waals surface area (Å²) in [7, 11) is 0. The molecule has 3 aromatic rings. The zero-order chi connectivity index (χ0) is 13.9. The minimum absolute atomic E-state index is 0.695. The Morgan fingerprint density at radius 3 is 2.25 bits per heavy atom. The van der Waals surface area contributed by atoms with Crippen molar-refractivity contribution in [2.75, 3.05) is 0 Å². The molecule has 0 bridgehead atoms. The Morgan fingerprint density at radius 2 is 1.60 bits per heavy atom. The second-order valence-electron chi connectivity index (χ2n) is 4.88. The van der Waals surface area contributed by atoms with Crippen LogP contribution in [0.2, 0.25) is 0 Å². The average molecular weight is 263 g/mol. The van der Waals surface area contributed by atoms with Gasteiger partial charge in [0.05, 0.1) is 5.69 Å². The molecular formula is C18H17NO. The Hall–Kier alpha value is -2.35. The molecule has 0 aliphatic carbocycles. The lowest BCUT2D eigenvalue weighted by molar-refractivity contribution is 0.587. The van der Waals surface area contributed by atoms with Gasteiger partial charge in [0.25, 0.3) is 0 Å². The van der Waals surface area contributed by atoms with E-state index in [9.17, 15) is 0 Å². The molecule has 0 aliphatic heterocycles. The molecule has 0 aliphatic rings. The molecule has 0 spiro atoms. The van der Waals surface area contributed by atoms with Crippen LogP contribution in [-0.4, -0.2) is 4.98 Å². The van der Waals surface area contributed by atoms with Gasteiger partial charge >= 0.3 is 0 Å². The summed E-state index contributed by atoms with van der Waals surface area (Å²) in [6, 6.07) is 18.4. The van der Waals surface area contributed by atoms with E-state index in [0.29, 0.717) is 5.89 Å². The van der Waals surface area contributed by atoms with E-state index in [1.54, 1.807) is 0 Å². The quantitative estimate of drug-likeness (QED) is 0.673. The van der Waals surface area contributed by atoms with Gasteiger partial charge < -0.3 is 4.42 Å². The zero-order valence-corrected chi connectivity index (χ0v) is 11.8. The Labute approximate surface area is 119 Å². The van der Waals surface area contributed by atoms with Gasteiger partial charge in [-0.2, -0.15) is 0 Å². The van der Waals surface area contributed by atoms with Crippen LogP contribution in [0.5, 0.6) is 0 Å². The van der Waals surface area contributed by atoms with Crippen molar-refractivity contribution in [1.29, 1.82) is 0 Å². The van der Waals surface area contributed by atoms with Gasteiger partial charge in [-0.15, -0.1) is 0 Å². The van der Waals surface area contributed by atoms with Gasteiger partial charge in [-0.3, -0.25) is 0 Å². The van der Waals surface area contributed by atoms with Gasteiger partial charge in [-0.25, -0.2) is 4.98 Å². The number of aromatic nitrogens is 1. The Bertz CT molecular complexity index is 696. The van der Waals surface area contributed by atoms with Crippen molar-refractivity contribution in [1.82, 2.24) is 4.98 Å². The highest BCUT2D eigenvalue weighted by atomic mass is 16.4. The Balaban J connectivity index is 2.07. The maximum atomic E-state index is 6.01. The van der Waals surface area contributed by atoms with Crippen LogP contribution < -0.4 is 0 Å². The zero-order valence-electron chi connectivity index (χ0n) is 11.8. The number of oxazole rings is 1. The van der Waals surface area contributed by atoms with E-state index in [0.717, 1.165) is 29.0 Å². The molecule has 0 amide bonds. The van der Waals surface area contributed by atoms with Gasteiger partial charge in [0, 0.05) is 11.1 Å². The minimum atomic E-state index is 0.695. The number of aryl methyl sites for hydroxylation is 2. The standard InChI is InChI=1S/C18H17NO/c1-3-16-17(14-7-5-4-6-8-14)20-18(19-16)15-11-9-13(2)10-12-15/h4-12H,3H2,1-2H3. The van der Waals surface area contributed by atoms with Crippen LogP contribution in [0.3, 0.4) is 0 Å². The molecule has 3 rings (SSSR count). The summed E-state index contributed by atoms with van der Waals surface area (Å²) in [5.41, 5.74) is 4.34. The van der Waals surface area contributed by atoms with Crippen molar-refractivity contribution >= 4 is 0 Å². The smallest absolute Gasteiger partial charge is 0.227 e. The monoisotopic (exact) mass is 263 g/mol. The lowest BCUT2D eigenvalue weighted by Gasteiger charge is -1.98. The fraction of sp³-hybridized carbons (Fsp3) is 0.167. The maximum Gasteiger partial charge on any atom is 0.227 e. The molecular weight excluding hydrogens is 246 g/mol. The highest BCUT2D eigenvalue weighted by molar-refractivity contribution is 5.64. The first-order valence-electron chi connectivity index (χ1n) is 6.90. The lowest BCUT2D eigenvalue weighted by atomic mass is 10.1. The average Bonchev–Trinajstić information content (AvgIpc) is 2.93. The van der Waals surface area contributed by atoms with Gasteiger partial charge in [0.2, 0.25) is 5.89 Å². The molecule has 2 heteroatoms. The first kappa shape index (κ1) is 12.7. The van der Waals surface area contributed by atoms with Crippen LogP contribution >= 0.6 is 0 Å². The molecule has 0 saturated heterocycles. The molecule has 0 saturated carbocycles. The Morgan fingerprint density at radius 1 is 0.900 bits per heavy atom. The van der Waals surface area contributed by atoms with Gasteiger partial charge in [-0.05, 0) is 25.5 Å². The molecule has 0 unspecified atom stereocenters. The van der Waals surface area contributed by atoms with Crippen molar-refractivity contribution in [2.45, 2.75) is 20.3 Å². The third kappa shape index (κ3) is 2.37. The summed E-state index contributed by atoms with van der Waals surface area (Å²) >= 11 is 0. The topological polar surface area (TPSA) is 26.0 Å². The molecule has 0 atom stereocenters. The third-order valence-corrected chi connectivity index (χ3v) is 3.37. The van der Waals surface area contributed by atoms with Crippen molar-refractivity contribution in [2.24, 2.45) is 0 Å². The molecule has 1 heterocycles. The third-order valence-electron chi connectivity index (χ3n) is 3.37. The summed E-state index contributed by atoms with van der Waals surface area (Å²) < 4.78 is 6.01. The largest absolute Gasteiger partial charge is 0.436 e. The van der Waals surface area contributed by atoms with E-state index >= 15 is 0 Å². The van der Waals surface area contributed by atoms with Crippen molar-refractivity contribution in [3.05, 3.63) is 65.9 Å². The molecule has 0 radical (unpaired) electrons. The fourth-order valence-electron chi connectivity index (χ4n) is 2.23. The van der Waals surface area contributed by atoms with Gasteiger partial charge in [-0.1, -0.05) is 55.0 Å². The van der Waals surface area contributed by atoms with Crippen LogP contribution in [0.25, 0.3) is 22.8 Å². The number of hydrogen-bond acceptors (Lipinski definition) is 2. The highest BCUT2D eigenvalue weighted by Gasteiger charge is 2.14. The number of rotatable bonds is 3. The molecule has 1 aromatic heterocycles. The van der Waals surface area contributed by atoms with E-state index in [4.69, 9.17) is 4.42 Å². The Kier molecular flexibility index (Phi) is 3.38. The van der Waals surface area contributed by atoms with E-state index in [1.807, 2.05) is 18.2 Å². The van der Waals surface area contributed by atoms with Crippen LogP contribution in [0.15, 0.2) is 59.0 Å². The number of hydrogen-bond donors (Lipinski definition) is 0. The summed E-state index contributed by atoms with van der Waals surface area (Å²) in [5, 5.41) is 0. The maximum absolute atomic E-state index is 6.01. The molecule has 2 nitrogen and oxygen atoms in total. The summed E-state index contributed by atoms with van der Waals surface area (Å²) in [6.07, 6.45) is 0.861. The van der Waals surface area contributed by atoms with Crippen molar-refractivity contribution < 1.29 is 4.42 Å². The summed E-state index contributed by atoms with van der Waals surface area (Å²) in [5.74, 6) is 1.57. The van der Waals surface area contributed by atoms with Crippen molar-refractivity contribution in [3.63, 3.8) is 0 Å². The van der Waals surface area contributed by atoms with Crippen LogP contribution in [-0.2, 0) is 6.42 Å². The van der Waals surface area contributed by atoms with Gasteiger partial charge in [0.15, 0.2) is 5.76 Å². The predicted octanol–water partition coefficient (Wildman–Crippen LogP) is 4.88. The predicted molar refractivity (Wildman–Crippen MR) is 81.5 cm³/mol.